The van der Waals surface area contributed by atoms with Gasteiger partial charge in [-0.15, -0.1) is 11.8 Å². The molecular formula is C14H16N4O3S. The number of anilines is 1. The number of nitro groups is 1. The first-order chi connectivity index (χ1) is 10.4. The lowest BCUT2D eigenvalue weighted by atomic mass is 10.3. The first-order valence-electron chi connectivity index (χ1n) is 6.54. The van der Waals surface area contributed by atoms with Crippen LogP contribution in [-0.2, 0) is 11.3 Å². The Balaban J connectivity index is 2.09. The Labute approximate surface area is 131 Å². The van der Waals surface area contributed by atoms with Crippen LogP contribution in [0.5, 0.6) is 0 Å². The van der Waals surface area contributed by atoms with Crippen molar-refractivity contribution in [3.63, 3.8) is 0 Å². The van der Waals surface area contributed by atoms with Crippen LogP contribution in [0, 0.1) is 24.0 Å². The number of nitrogens with zero attached hydrogens (tertiary/aromatic N) is 3. The molecule has 1 heterocycles. The summed E-state index contributed by atoms with van der Waals surface area (Å²) in [5.74, 6) is -0.280. The summed E-state index contributed by atoms with van der Waals surface area (Å²) in [5, 5.41) is 17.7. The van der Waals surface area contributed by atoms with E-state index in [1.807, 2.05) is 30.5 Å². The van der Waals surface area contributed by atoms with Crippen molar-refractivity contribution in [2.75, 3.05) is 11.6 Å². The quantitative estimate of drug-likeness (QED) is 0.520. The SMILES string of the molecule is CSc1ccc(NC(=O)Cn2nc(C)c([N+](=O)[O-])c2C)cc1. The molecule has 0 unspecified atom stereocenters. The number of aryl methyl sites for hydroxylation is 1. The summed E-state index contributed by atoms with van der Waals surface area (Å²) >= 11 is 1.62. The Hall–Kier alpha value is -2.35. The predicted molar refractivity (Wildman–Crippen MR) is 85.2 cm³/mol. The lowest BCUT2D eigenvalue weighted by molar-refractivity contribution is -0.386. The average molecular weight is 320 g/mol. The largest absolute Gasteiger partial charge is 0.324 e. The highest BCUT2D eigenvalue weighted by atomic mass is 32.2. The van der Waals surface area contributed by atoms with Crippen LogP contribution < -0.4 is 5.32 Å². The van der Waals surface area contributed by atoms with Crippen molar-refractivity contribution in [3.8, 4) is 0 Å². The van der Waals surface area contributed by atoms with Gasteiger partial charge in [0.2, 0.25) is 5.91 Å². The van der Waals surface area contributed by atoms with Crippen LogP contribution in [0.2, 0.25) is 0 Å². The van der Waals surface area contributed by atoms with Crippen LogP contribution in [0.4, 0.5) is 11.4 Å². The number of aromatic nitrogens is 2. The molecule has 0 radical (unpaired) electrons. The fraction of sp³-hybridized carbons (Fsp3) is 0.286. The Morgan fingerprint density at radius 2 is 2.00 bits per heavy atom. The number of benzene rings is 1. The van der Waals surface area contributed by atoms with E-state index in [2.05, 4.69) is 10.4 Å². The highest BCUT2D eigenvalue weighted by molar-refractivity contribution is 7.98. The van der Waals surface area contributed by atoms with E-state index in [1.165, 1.54) is 4.68 Å². The summed E-state index contributed by atoms with van der Waals surface area (Å²) in [5.41, 5.74) is 1.31. The number of nitrogens with one attached hydrogen (secondary N) is 1. The summed E-state index contributed by atoms with van der Waals surface area (Å²) in [4.78, 5) is 23.6. The van der Waals surface area contributed by atoms with Crippen molar-refractivity contribution in [1.29, 1.82) is 0 Å². The number of carbonyl (C=O) groups is 1. The van der Waals surface area contributed by atoms with E-state index in [0.717, 1.165) is 4.90 Å². The topological polar surface area (TPSA) is 90.1 Å². The van der Waals surface area contributed by atoms with Gasteiger partial charge in [-0.3, -0.25) is 19.6 Å². The van der Waals surface area contributed by atoms with Crippen molar-refractivity contribution in [2.24, 2.45) is 0 Å². The molecular weight excluding hydrogens is 304 g/mol. The maximum Gasteiger partial charge on any atom is 0.312 e. The Morgan fingerprint density at radius 1 is 1.36 bits per heavy atom. The predicted octanol–water partition coefficient (Wildman–Crippen LogP) is 2.77. The Morgan fingerprint density at radius 3 is 2.50 bits per heavy atom. The Bertz CT molecular complexity index is 710. The maximum atomic E-state index is 12.0. The molecule has 0 fully saturated rings. The van der Waals surface area contributed by atoms with Gasteiger partial charge in [0.05, 0.1) is 4.92 Å². The third-order valence-corrected chi connectivity index (χ3v) is 3.94. The van der Waals surface area contributed by atoms with Crippen molar-refractivity contribution < 1.29 is 9.72 Å². The van der Waals surface area contributed by atoms with Crippen LogP contribution in [0.1, 0.15) is 11.4 Å². The molecule has 22 heavy (non-hydrogen) atoms. The summed E-state index contributed by atoms with van der Waals surface area (Å²) in [6.45, 7) is 3.07. The van der Waals surface area contributed by atoms with Gasteiger partial charge in [0.25, 0.3) is 0 Å². The number of amides is 1. The van der Waals surface area contributed by atoms with Gasteiger partial charge in [-0.1, -0.05) is 0 Å². The van der Waals surface area contributed by atoms with Gasteiger partial charge in [0, 0.05) is 10.6 Å². The van der Waals surface area contributed by atoms with E-state index in [1.54, 1.807) is 25.6 Å². The summed E-state index contributed by atoms with van der Waals surface area (Å²) in [7, 11) is 0. The highest BCUT2D eigenvalue weighted by Gasteiger charge is 2.22. The second-order valence-corrected chi connectivity index (χ2v) is 5.59. The molecule has 0 saturated heterocycles. The van der Waals surface area contributed by atoms with Crippen LogP contribution in [0.25, 0.3) is 0 Å². The zero-order chi connectivity index (χ0) is 16.3. The molecule has 0 aliphatic carbocycles. The lowest BCUT2D eigenvalue weighted by Gasteiger charge is -2.07. The van der Waals surface area contributed by atoms with E-state index in [0.29, 0.717) is 17.1 Å². The van der Waals surface area contributed by atoms with Gasteiger partial charge in [0.1, 0.15) is 17.9 Å². The molecule has 0 atom stereocenters. The molecule has 0 aliphatic rings. The second-order valence-electron chi connectivity index (χ2n) is 4.71. The summed E-state index contributed by atoms with van der Waals surface area (Å²) in [6, 6.07) is 7.45. The van der Waals surface area contributed by atoms with Crippen LogP contribution in [-0.4, -0.2) is 26.9 Å². The minimum atomic E-state index is -0.479. The van der Waals surface area contributed by atoms with E-state index >= 15 is 0 Å². The molecule has 116 valence electrons. The first-order valence-corrected chi connectivity index (χ1v) is 7.77. The number of thioether (sulfide) groups is 1. The second kappa shape index (κ2) is 6.61. The van der Waals surface area contributed by atoms with Gasteiger partial charge >= 0.3 is 5.69 Å². The molecule has 0 spiro atoms. The standard InChI is InChI=1S/C14H16N4O3S/c1-9-14(18(20)21)10(2)17(16-9)8-13(19)15-11-4-6-12(22-3)7-5-11/h4-7H,8H2,1-3H3,(H,15,19). The Kier molecular flexibility index (Phi) is 4.81. The molecule has 0 bridgehead atoms. The van der Waals surface area contributed by atoms with Gasteiger partial charge in [-0.25, -0.2) is 0 Å². The third kappa shape index (κ3) is 3.45. The zero-order valence-electron chi connectivity index (χ0n) is 12.5. The minimum absolute atomic E-state index is 0.0443. The molecule has 2 aromatic rings. The average Bonchev–Trinajstić information content (AvgIpc) is 2.74. The molecule has 0 aliphatic heterocycles. The van der Waals surface area contributed by atoms with E-state index in [4.69, 9.17) is 0 Å². The van der Waals surface area contributed by atoms with Gasteiger partial charge in [-0.05, 0) is 44.4 Å². The highest BCUT2D eigenvalue weighted by Crippen LogP contribution is 2.22. The number of hydrogen-bond donors (Lipinski definition) is 1. The maximum absolute atomic E-state index is 12.0. The first kappa shape index (κ1) is 16.0. The van der Waals surface area contributed by atoms with Crippen LogP contribution in [0.3, 0.4) is 0 Å². The normalized spacial score (nSPS) is 10.5. The molecule has 1 aromatic heterocycles. The number of carbonyl (C=O) groups excluding carboxylic acids is 1. The molecule has 2 rings (SSSR count). The summed E-state index contributed by atoms with van der Waals surface area (Å²) in [6.07, 6.45) is 1.98. The van der Waals surface area contributed by atoms with Crippen LogP contribution in [0.15, 0.2) is 29.2 Å². The fourth-order valence-electron chi connectivity index (χ4n) is 2.12. The smallest absolute Gasteiger partial charge is 0.312 e. The third-order valence-electron chi connectivity index (χ3n) is 3.19. The molecule has 1 N–H and O–H groups in total. The van der Waals surface area contributed by atoms with Crippen molar-refractivity contribution in [1.82, 2.24) is 9.78 Å². The minimum Gasteiger partial charge on any atom is -0.324 e. The van der Waals surface area contributed by atoms with Gasteiger partial charge < -0.3 is 5.32 Å². The lowest BCUT2D eigenvalue weighted by Crippen LogP contribution is -2.20. The van der Waals surface area contributed by atoms with Crippen LogP contribution >= 0.6 is 11.8 Å². The molecule has 1 amide bonds. The molecule has 7 nitrogen and oxygen atoms in total. The zero-order valence-corrected chi connectivity index (χ0v) is 13.3. The fourth-order valence-corrected chi connectivity index (χ4v) is 2.52. The van der Waals surface area contributed by atoms with Crippen molar-refractivity contribution >= 4 is 29.0 Å². The van der Waals surface area contributed by atoms with Crippen molar-refractivity contribution in [2.45, 2.75) is 25.3 Å². The van der Waals surface area contributed by atoms with E-state index in [9.17, 15) is 14.9 Å². The summed E-state index contributed by atoms with van der Waals surface area (Å²) < 4.78 is 1.35. The molecule has 8 heteroatoms. The van der Waals surface area contributed by atoms with Gasteiger partial charge in [0.15, 0.2) is 0 Å². The number of rotatable bonds is 5. The van der Waals surface area contributed by atoms with Gasteiger partial charge in [-0.2, -0.15) is 5.10 Å². The molecule has 1 aromatic carbocycles. The number of hydrogen-bond acceptors (Lipinski definition) is 5. The van der Waals surface area contributed by atoms with E-state index in [-0.39, 0.29) is 18.1 Å². The molecule has 0 saturated carbocycles. The van der Waals surface area contributed by atoms with E-state index < -0.39 is 4.92 Å². The van der Waals surface area contributed by atoms with Crippen molar-refractivity contribution in [3.05, 3.63) is 45.8 Å². The monoisotopic (exact) mass is 320 g/mol.